The molecule has 1 N–H and O–H groups in total. The Morgan fingerprint density at radius 2 is 2.12 bits per heavy atom. The van der Waals surface area contributed by atoms with Crippen LogP contribution in [-0.2, 0) is 11.8 Å². The first-order valence-corrected chi connectivity index (χ1v) is 8.16. The molecule has 1 unspecified atom stereocenters. The maximum Gasteiger partial charge on any atom is 0.305 e. The molecule has 0 radical (unpaired) electrons. The van der Waals surface area contributed by atoms with Gasteiger partial charge in [0, 0.05) is 31.4 Å². The fourth-order valence-electron chi connectivity index (χ4n) is 3.17. The van der Waals surface area contributed by atoms with Crippen molar-refractivity contribution in [2.75, 3.05) is 6.54 Å². The Morgan fingerprint density at radius 3 is 2.83 bits per heavy atom. The minimum absolute atomic E-state index is 0.0343. The van der Waals surface area contributed by atoms with E-state index in [0.29, 0.717) is 34.8 Å². The molecule has 6 nitrogen and oxygen atoms in total. The molecule has 1 aromatic carbocycles. The number of carbonyl (C=O) groups excluding carboxylic acids is 1. The lowest BCUT2D eigenvalue weighted by atomic mass is 10.1. The normalized spacial score (nSPS) is 17.2. The molecule has 3 rings (SSSR count). The standard InChI is InChI=1S/C17H18ClN3O3/c1-20-10-13(16(19-20)12-6-2-3-7-14(12)18)17(24)21-8-4-5-11(21)9-15(22)23/h2-3,6-7,10-11H,4-5,8-9H2,1H3,(H,22,23). The monoisotopic (exact) mass is 347 g/mol. The molecule has 0 aliphatic carbocycles. The Morgan fingerprint density at radius 1 is 1.38 bits per heavy atom. The summed E-state index contributed by atoms with van der Waals surface area (Å²) in [5.74, 6) is -1.08. The summed E-state index contributed by atoms with van der Waals surface area (Å²) in [4.78, 5) is 25.7. The number of likely N-dealkylation sites (tertiary alicyclic amines) is 1. The number of carbonyl (C=O) groups is 2. The molecule has 0 bridgehead atoms. The molecule has 0 spiro atoms. The zero-order valence-corrected chi connectivity index (χ0v) is 14.0. The van der Waals surface area contributed by atoms with Crippen LogP contribution >= 0.6 is 11.6 Å². The van der Waals surface area contributed by atoms with Gasteiger partial charge in [0.2, 0.25) is 0 Å². The topological polar surface area (TPSA) is 75.4 Å². The lowest BCUT2D eigenvalue weighted by Crippen LogP contribution is -2.36. The highest BCUT2D eigenvalue weighted by Crippen LogP contribution is 2.31. The summed E-state index contributed by atoms with van der Waals surface area (Å²) in [5.41, 5.74) is 1.66. The van der Waals surface area contributed by atoms with Gasteiger partial charge in [0.15, 0.2) is 0 Å². The smallest absolute Gasteiger partial charge is 0.305 e. The van der Waals surface area contributed by atoms with E-state index in [2.05, 4.69) is 5.10 Å². The van der Waals surface area contributed by atoms with Gasteiger partial charge in [0.05, 0.1) is 17.0 Å². The molecule has 1 saturated heterocycles. The Balaban J connectivity index is 1.96. The fourth-order valence-corrected chi connectivity index (χ4v) is 3.39. The quantitative estimate of drug-likeness (QED) is 0.922. The Labute approximate surface area is 144 Å². The molecule has 1 aromatic heterocycles. The van der Waals surface area contributed by atoms with Crippen LogP contribution in [0.2, 0.25) is 5.02 Å². The van der Waals surface area contributed by atoms with E-state index in [9.17, 15) is 9.59 Å². The van der Waals surface area contributed by atoms with Gasteiger partial charge in [-0.25, -0.2) is 0 Å². The largest absolute Gasteiger partial charge is 0.481 e. The second-order valence-corrected chi connectivity index (χ2v) is 6.34. The zero-order valence-electron chi connectivity index (χ0n) is 13.3. The molecule has 1 fully saturated rings. The minimum Gasteiger partial charge on any atom is -0.481 e. The maximum absolute atomic E-state index is 13.0. The van der Waals surface area contributed by atoms with E-state index in [0.717, 1.165) is 6.42 Å². The first-order valence-electron chi connectivity index (χ1n) is 7.78. The number of carboxylic acid groups (broad SMARTS) is 1. The van der Waals surface area contributed by atoms with Crippen LogP contribution in [0.5, 0.6) is 0 Å². The number of hydrogen-bond acceptors (Lipinski definition) is 3. The van der Waals surface area contributed by atoms with E-state index in [4.69, 9.17) is 16.7 Å². The van der Waals surface area contributed by atoms with Crippen LogP contribution < -0.4 is 0 Å². The maximum atomic E-state index is 13.0. The van der Waals surface area contributed by atoms with E-state index in [1.54, 1.807) is 28.9 Å². The Hall–Kier alpha value is -2.34. The van der Waals surface area contributed by atoms with Crippen LogP contribution in [0.1, 0.15) is 29.6 Å². The molecule has 1 amide bonds. The highest BCUT2D eigenvalue weighted by molar-refractivity contribution is 6.33. The second kappa shape index (κ2) is 6.65. The fraction of sp³-hybridized carbons (Fsp3) is 0.353. The van der Waals surface area contributed by atoms with E-state index in [-0.39, 0.29) is 18.4 Å². The molecular formula is C17H18ClN3O3. The molecule has 126 valence electrons. The average molecular weight is 348 g/mol. The molecule has 1 aliphatic heterocycles. The lowest BCUT2D eigenvalue weighted by Gasteiger charge is -2.23. The Bertz CT molecular complexity index is 787. The van der Waals surface area contributed by atoms with E-state index in [1.165, 1.54) is 0 Å². The molecule has 24 heavy (non-hydrogen) atoms. The van der Waals surface area contributed by atoms with E-state index in [1.807, 2.05) is 18.2 Å². The van der Waals surface area contributed by atoms with Gasteiger partial charge in [0.25, 0.3) is 5.91 Å². The number of amides is 1. The van der Waals surface area contributed by atoms with Gasteiger partial charge in [-0.2, -0.15) is 5.10 Å². The SMILES string of the molecule is Cn1cc(C(=O)N2CCCC2CC(=O)O)c(-c2ccccc2Cl)n1. The van der Waals surface area contributed by atoms with E-state index < -0.39 is 5.97 Å². The van der Waals surface area contributed by atoms with Crippen LogP contribution in [0, 0.1) is 0 Å². The van der Waals surface area contributed by atoms with Crippen LogP contribution in [0.25, 0.3) is 11.3 Å². The minimum atomic E-state index is -0.891. The summed E-state index contributed by atoms with van der Waals surface area (Å²) < 4.78 is 1.58. The van der Waals surface area contributed by atoms with Crippen LogP contribution in [0.15, 0.2) is 30.5 Å². The second-order valence-electron chi connectivity index (χ2n) is 5.94. The highest BCUT2D eigenvalue weighted by atomic mass is 35.5. The van der Waals surface area contributed by atoms with Gasteiger partial charge in [-0.3, -0.25) is 14.3 Å². The van der Waals surface area contributed by atoms with Gasteiger partial charge < -0.3 is 10.0 Å². The summed E-state index contributed by atoms with van der Waals surface area (Å²) in [6, 6.07) is 6.96. The molecule has 0 saturated carbocycles. The predicted octanol–water partition coefficient (Wildman–Crippen LogP) is 2.82. The number of aryl methyl sites for hydroxylation is 1. The average Bonchev–Trinajstić information content (AvgIpc) is 3.13. The van der Waals surface area contributed by atoms with Crippen LogP contribution in [0.3, 0.4) is 0 Å². The number of aliphatic carboxylic acids is 1. The van der Waals surface area contributed by atoms with Crippen molar-refractivity contribution in [1.82, 2.24) is 14.7 Å². The van der Waals surface area contributed by atoms with Gasteiger partial charge in [-0.05, 0) is 18.9 Å². The van der Waals surface area contributed by atoms with Crippen molar-refractivity contribution in [2.45, 2.75) is 25.3 Å². The van der Waals surface area contributed by atoms with Crippen molar-refractivity contribution in [1.29, 1.82) is 0 Å². The van der Waals surface area contributed by atoms with Crippen LogP contribution in [0.4, 0.5) is 0 Å². The first-order chi connectivity index (χ1) is 11.5. The van der Waals surface area contributed by atoms with Crippen molar-refractivity contribution < 1.29 is 14.7 Å². The number of nitrogens with zero attached hydrogens (tertiary/aromatic N) is 3. The summed E-state index contributed by atoms with van der Waals surface area (Å²) in [7, 11) is 1.75. The van der Waals surface area contributed by atoms with Crippen molar-refractivity contribution in [3.05, 3.63) is 41.0 Å². The third kappa shape index (κ3) is 3.14. The lowest BCUT2D eigenvalue weighted by molar-refractivity contribution is -0.137. The van der Waals surface area contributed by atoms with Crippen molar-refractivity contribution in [3.63, 3.8) is 0 Å². The van der Waals surface area contributed by atoms with E-state index >= 15 is 0 Å². The van der Waals surface area contributed by atoms with Crippen LogP contribution in [-0.4, -0.2) is 44.3 Å². The molecule has 2 heterocycles. The number of aromatic nitrogens is 2. The number of benzene rings is 1. The van der Waals surface area contributed by atoms with Crippen molar-refractivity contribution >= 4 is 23.5 Å². The predicted molar refractivity (Wildman–Crippen MR) is 90.0 cm³/mol. The number of carboxylic acids is 1. The number of hydrogen-bond donors (Lipinski definition) is 1. The number of halogens is 1. The van der Waals surface area contributed by atoms with Gasteiger partial charge >= 0.3 is 5.97 Å². The highest BCUT2D eigenvalue weighted by Gasteiger charge is 2.33. The van der Waals surface area contributed by atoms with Crippen molar-refractivity contribution in [3.8, 4) is 11.3 Å². The molecule has 1 aliphatic rings. The molecule has 7 heteroatoms. The first kappa shape index (κ1) is 16.5. The zero-order chi connectivity index (χ0) is 17.3. The molecule has 2 aromatic rings. The van der Waals surface area contributed by atoms with Crippen molar-refractivity contribution in [2.24, 2.45) is 7.05 Å². The Kier molecular flexibility index (Phi) is 4.57. The summed E-state index contributed by atoms with van der Waals surface area (Å²) in [6.07, 6.45) is 3.15. The summed E-state index contributed by atoms with van der Waals surface area (Å²) in [6.45, 7) is 0.563. The summed E-state index contributed by atoms with van der Waals surface area (Å²) in [5, 5.41) is 14.0. The van der Waals surface area contributed by atoms with Gasteiger partial charge in [0.1, 0.15) is 5.69 Å². The summed E-state index contributed by atoms with van der Waals surface area (Å²) >= 11 is 6.25. The van der Waals surface area contributed by atoms with Gasteiger partial charge in [-0.15, -0.1) is 0 Å². The third-order valence-electron chi connectivity index (χ3n) is 4.24. The third-order valence-corrected chi connectivity index (χ3v) is 4.57. The number of rotatable bonds is 4. The van der Waals surface area contributed by atoms with Gasteiger partial charge in [-0.1, -0.05) is 29.8 Å². The molecule has 1 atom stereocenters. The molecular weight excluding hydrogens is 330 g/mol.